The van der Waals surface area contributed by atoms with E-state index in [2.05, 4.69) is 10.1 Å². The molecule has 9 nitrogen and oxygen atoms in total. The summed E-state index contributed by atoms with van der Waals surface area (Å²) < 4.78 is 10.2. The standard InChI is InChI=1S/C18H18ClN3O6/c1-10-6-15(23)13(14(10)8-22(25)26)7-17(24)27-9-16-20-18(21-28-16)11-2-4-12(19)5-3-11/h2-5,10,13-14H,6-9H2,1H3/t10-,13+,14+/m0/s1. The number of nitro groups is 1. The molecule has 0 unspecified atom stereocenters. The van der Waals surface area contributed by atoms with Gasteiger partial charge in [-0.15, -0.1) is 0 Å². The highest BCUT2D eigenvalue weighted by Crippen LogP contribution is 2.36. The number of rotatable bonds is 7. The van der Waals surface area contributed by atoms with Crippen molar-refractivity contribution in [3.05, 3.63) is 45.3 Å². The number of ketones is 1. The summed E-state index contributed by atoms with van der Waals surface area (Å²) in [6.07, 6.45) is 0.0461. The number of Topliss-reactive ketones (excluding diaryl/α,β-unsaturated/α-hetero) is 1. The molecule has 0 aliphatic heterocycles. The van der Waals surface area contributed by atoms with Crippen molar-refractivity contribution in [2.24, 2.45) is 17.8 Å². The van der Waals surface area contributed by atoms with E-state index in [1.54, 1.807) is 31.2 Å². The van der Waals surface area contributed by atoms with Crippen LogP contribution in [0.3, 0.4) is 0 Å². The molecule has 1 aliphatic carbocycles. The molecular weight excluding hydrogens is 390 g/mol. The van der Waals surface area contributed by atoms with Gasteiger partial charge in [0.05, 0.1) is 6.42 Å². The predicted octanol–water partition coefficient (Wildman–Crippen LogP) is 2.94. The highest BCUT2D eigenvalue weighted by molar-refractivity contribution is 6.30. The number of carbonyl (C=O) groups excluding carboxylic acids is 2. The summed E-state index contributed by atoms with van der Waals surface area (Å²) in [5, 5.41) is 15.2. The summed E-state index contributed by atoms with van der Waals surface area (Å²) in [5.41, 5.74) is 0.693. The molecule has 0 bridgehead atoms. The lowest BCUT2D eigenvalue weighted by atomic mass is 9.88. The summed E-state index contributed by atoms with van der Waals surface area (Å²) >= 11 is 5.83. The number of hydrogen-bond donors (Lipinski definition) is 0. The molecule has 0 saturated heterocycles. The second kappa shape index (κ2) is 8.47. The van der Waals surface area contributed by atoms with E-state index in [1.165, 1.54) is 0 Å². The van der Waals surface area contributed by atoms with Crippen molar-refractivity contribution in [3.63, 3.8) is 0 Å². The van der Waals surface area contributed by atoms with Crippen LogP contribution in [-0.4, -0.2) is 33.4 Å². The van der Waals surface area contributed by atoms with E-state index in [0.29, 0.717) is 16.4 Å². The Balaban J connectivity index is 1.56. The summed E-state index contributed by atoms with van der Waals surface area (Å²) in [6.45, 7) is 1.21. The van der Waals surface area contributed by atoms with Crippen LogP contribution in [0.2, 0.25) is 5.02 Å². The fourth-order valence-corrected chi connectivity index (χ4v) is 3.54. The first kappa shape index (κ1) is 19.9. The molecule has 1 aliphatic rings. The lowest BCUT2D eigenvalue weighted by Gasteiger charge is -2.16. The van der Waals surface area contributed by atoms with Gasteiger partial charge in [0.2, 0.25) is 12.4 Å². The van der Waals surface area contributed by atoms with E-state index in [1.807, 2.05) is 0 Å². The lowest BCUT2D eigenvalue weighted by Crippen LogP contribution is -2.27. The van der Waals surface area contributed by atoms with E-state index in [4.69, 9.17) is 20.9 Å². The van der Waals surface area contributed by atoms with Gasteiger partial charge in [-0.3, -0.25) is 19.7 Å². The number of benzene rings is 1. The number of aromatic nitrogens is 2. The number of carbonyl (C=O) groups is 2. The largest absolute Gasteiger partial charge is 0.456 e. The number of hydrogen-bond acceptors (Lipinski definition) is 8. The fraction of sp³-hybridized carbons (Fsp3) is 0.444. The van der Waals surface area contributed by atoms with Gasteiger partial charge in [0.1, 0.15) is 5.78 Å². The van der Waals surface area contributed by atoms with E-state index < -0.39 is 22.7 Å². The molecule has 3 atom stereocenters. The van der Waals surface area contributed by atoms with Gasteiger partial charge in [-0.25, -0.2) is 0 Å². The van der Waals surface area contributed by atoms with Crippen LogP contribution in [0, 0.1) is 27.9 Å². The Kier molecular flexibility index (Phi) is 6.03. The smallest absolute Gasteiger partial charge is 0.307 e. The molecule has 148 valence electrons. The van der Waals surface area contributed by atoms with Gasteiger partial charge in [-0.1, -0.05) is 23.7 Å². The first-order valence-electron chi connectivity index (χ1n) is 8.72. The van der Waals surface area contributed by atoms with Gasteiger partial charge in [-0.05, 0) is 30.2 Å². The molecule has 10 heteroatoms. The molecule has 1 heterocycles. The van der Waals surface area contributed by atoms with Crippen LogP contribution in [0.15, 0.2) is 28.8 Å². The van der Waals surface area contributed by atoms with Gasteiger partial charge < -0.3 is 9.26 Å². The third kappa shape index (κ3) is 4.72. The van der Waals surface area contributed by atoms with Gasteiger partial charge >= 0.3 is 5.97 Å². The third-order valence-corrected chi connectivity index (χ3v) is 5.11. The van der Waals surface area contributed by atoms with Crippen LogP contribution in [0.25, 0.3) is 11.4 Å². The number of ether oxygens (including phenoxy) is 1. The average Bonchev–Trinajstić information content (AvgIpc) is 3.20. The highest BCUT2D eigenvalue weighted by Gasteiger charge is 2.44. The van der Waals surface area contributed by atoms with Gasteiger partial charge in [0.15, 0.2) is 6.61 Å². The maximum atomic E-state index is 12.1. The maximum absolute atomic E-state index is 12.1. The zero-order valence-corrected chi connectivity index (χ0v) is 15.8. The fourth-order valence-electron chi connectivity index (χ4n) is 3.41. The number of nitrogens with zero attached hydrogens (tertiary/aromatic N) is 3. The van der Waals surface area contributed by atoms with Crippen molar-refractivity contribution in [2.45, 2.75) is 26.4 Å². The predicted molar refractivity (Wildman–Crippen MR) is 96.8 cm³/mol. The Morgan fingerprint density at radius 2 is 2.11 bits per heavy atom. The lowest BCUT2D eigenvalue weighted by molar-refractivity contribution is -0.490. The van der Waals surface area contributed by atoms with Gasteiger partial charge in [0.25, 0.3) is 5.89 Å². The van der Waals surface area contributed by atoms with Crippen LogP contribution in [0.4, 0.5) is 0 Å². The van der Waals surface area contributed by atoms with E-state index in [0.717, 1.165) is 0 Å². The summed E-state index contributed by atoms with van der Waals surface area (Å²) in [5.74, 6) is -1.63. The quantitative estimate of drug-likeness (QED) is 0.389. The highest BCUT2D eigenvalue weighted by atomic mass is 35.5. The second-order valence-electron chi connectivity index (χ2n) is 6.82. The topological polar surface area (TPSA) is 125 Å². The normalized spacial score (nSPS) is 21.6. The molecule has 0 amide bonds. The van der Waals surface area contributed by atoms with Crippen LogP contribution >= 0.6 is 11.6 Å². The second-order valence-corrected chi connectivity index (χ2v) is 7.25. The molecule has 3 rings (SSSR count). The molecule has 0 spiro atoms. The minimum atomic E-state index is -0.694. The number of halogens is 1. The molecule has 1 fully saturated rings. The number of esters is 1. The van der Waals surface area contributed by atoms with Crippen LogP contribution in [-0.2, 0) is 20.9 Å². The molecule has 2 aromatic rings. The molecule has 1 aromatic heterocycles. The van der Waals surface area contributed by atoms with Crippen LogP contribution < -0.4 is 0 Å². The third-order valence-electron chi connectivity index (χ3n) is 4.86. The Bertz CT molecular complexity index is 882. The van der Waals surface area contributed by atoms with E-state index in [-0.39, 0.29) is 43.6 Å². The Labute approximate surface area is 165 Å². The first-order chi connectivity index (χ1) is 13.3. The molecule has 0 radical (unpaired) electrons. The van der Waals surface area contributed by atoms with Crippen molar-refractivity contribution in [3.8, 4) is 11.4 Å². The van der Waals surface area contributed by atoms with E-state index in [9.17, 15) is 19.7 Å². The molecule has 28 heavy (non-hydrogen) atoms. The van der Waals surface area contributed by atoms with Crippen molar-refractivity contribution in [2.75, 3.05) is 6.54 Å². The molecule has 1 saturated carbocycles. The summed E-state index contributed by atoms with van der Waals surface area (Å²) in [4.78, 5) is 38.7. The molecule has 0 N–H and O–H groups in total. The summed E-state index contributed by atoms with van der Waals surface area (Å²) in [7, 11) is 0. The summed E-state index contributed by atoms with van der Waals surface area (Å²) in [6, 6.07) is 6.83. The minimum Gasteiger partial charge on any atom is -0.456 e. The van der Waals surface area contributed by atoms with E-state index >= 15 is 0 Å². The SMILES string of the molecule is C[C@H]1CC(=O)[C@H](CC(=O)OCc2nc(-c3ccc(Cl)cc3)no2)[C@@H]1C[N+](=O)[O-]. The monoisotopic (exact) mass is 407 g/mol. The Hall–Kier alpha value is -2.81. The molecule has 1 aromatic carbocycles. The van der Waals surface area contributed by atoms with Gasteiger partial charge in [-0.2, -0.15) is 4.98 Å². The maximum Gasteiger partial charge on any atom is 0.307 e. The Morgan fingerprint density at radius 1 is 1.39 bits per heavy atom. The van der Waals surface area contributed by atoms with Crippen molar-refractivity contribution in [1.29, 1.82) is 0 Å². The Morgan fingerprint density at radius 3 is 2.79 bits per heavy atom. The minimum absolute atomic E-state index is 0.103. The van der Waals surface area contributed by atoms with Crippen LogP contribution in [0.1, 0.15) is 25.7 Å². The zero-order valence-electron chi connectivity index (χ0n) is 15.0. The first-order valence-corrected chi connectivity index (χ1v) is 9.10. The average molecular weight is 408 g/mol. The van der Waals surface area contributed by atoms with Gasteiger partial charge in [0, 0.05) is 33.8 Å². The zero-order chi connectivity index (χ0) is 20.3. The van der Waals surface area contributed by atoms with Crippen molar-refractivity contribution < 1.29 is 23.8 Å². The van der Waals surface area contributed by atoms with Crippen LogP contribution in [0.5, 0.6) is 0 Å². The molecular formula is C18H18ClN3O6. The van der Waals surface area contributed by atoms with Crippen molar-refractivity contribution in [1.82, 2.24) is 10.1 Å². The van der Waals surface area contributed by atoms with Crippen molar-refractivity contribution >= 4 is 23.4 Å².